The number of anilines is 2. The Morgan fingerprint density at radius 1 is 0.821 bits per heavy atom. The topological polar surface area (TPSA) is 162 Å². The van der Waals surface area contributed by atoms with E-state index in [4.69, 9.17) is 9.47 Å². The second kappa shape index (κ2) is 5.74. The summed E-state index contributed by atoms with van der Waals surface area (Å²) in [6.45, 7) is 0.125. The molecule has 0 amide bonds. The number of aromatic amines is 4. The molecular formula is C17H13N5O6. The Labute approximate surface area is 154 Å². The first-order valence-electron chi connectivity index (χ1n) is 8.38. The van der Waals surface area contributed by atoms with E-state index in [1.54, 1.807) is 18.2 Å². The van der Waals surface area contributed by atoms with Crippen molar-refractivity contribution in [2.45, 2.75) is 12.3 Å². The molecule has 5 N–H and O–H groups in total. The lowest BCUT2D eigenvalue weighted by Gasteiger charge is -2.26. The molecule has 0 radical (unpaired) electrons. The molecule has 142 valence electrons. The second-order valence-corrected chi connectivity index (χ2v) is 6.46. The molecule has 0 saturated carbocycles. The molecule has 0 spiro atoms. The summed E-state index contributed by atoms with van der Waals surface area (Å²) in [5.74, 6) is 0.728. The van der Waals surface area contributed by atoms with Crippen molar-refractivity contribution in [2.24, 2.45) is 0 Å². The number of aromatic nitrogens is 4. The van der Waals surface area contributed by atoms with E-state index in [1.165, 1.54) is 0 Å². The first-order chi connectivity index (χ1) is 13.5. The second-order valence-electron chi connectivity index (χ2n) is 6.46. The van der Waals surface area contributed by atoms with Crippen molar-refractivity contribution in [1.29, 1.82) is 0 Å². The molecule has 4 heterocycles. The molecule has 11 heteroatoms. The van der Waals surface area contributed by atoms with Crippen LogP contribution in [-0.2, 0) is 6.42 Å². The van der Waals surface area contributed by atoms with Crippen LogP contribution in [0.25, 0.3) is 0 Å². The van der Waals surface area contributed by atoms with E-state index in [9.17, 15) is 19.2 Å². The fourth-order valence-electron chi connectivity index (χ4n) is 3.63. The highest BCUT2D eigenvalue weighted by molar-refractivity contribution is 5.67. The van der Waals surface area contributed by atoms with Crippen molar-refractivity contribution < 1.29 is 9.47 Å². The summed E-state index contributed by atoms with van der Waals surface area (Å²) in [6, 6.07) is 5.31. The highest BCUT2D eigenvalue weighted by Gasteiger charge is 2.33. The predicted molar refractivity (Wildman–Crippen MR) is 96.8 cm³/mol. The molecule has 11 nitrogen and oxygen atoms in total. The maximum Gasteiger partial charge on any atom is 0.327 e. The van der Waals surface area contributed by atoms with Gasteiger partial charge in [-0.3, -0.25) is 29.5 Å². The third-order valence-corrected chi connectivity index (χ3v) is 4.78. The quantitative estimate of drug-likeness (QED) is 0.402. The van der Waals surface area contributed by atoms with Crippen molar-refractivity contribution in [1.82, 2.24) is 19.9 Å². The number of hydrogen-bond acceptors (Lipinski definition) is 7. The summed E-state index contributed by atoms with van der Waals surface area (Å²) in [6.07, 6.45) is 0.253. The average molecular weight is 383 g/mol. The summed E-state index contributed by atoms with van der Waals surface area (Å²) < 4.78 is 10.7. The molecule has 28 heavy (non-hydrogen) atoms. The average Bonchev–Trinajstić information content (AvgIpc) is 3.08. The van der Waals surface area contributed by atoms with Gasteiger partial charge in [-0.15, -0.1) is 0 Å². The van der Waals surface area contributed by atoms with E-state index in [1.807, 2.05) is 0 Å². The maximum absolute atomic E-state index is 12.5. The molecule has 3 aromatic rings. The molecule has 0 unspecified atom stereocenters. The summed E-state index contributed by atoms with van der Waals surface area (Å²) >= 11 is 0. The summed E-state index contributed by atoms with van der Waals surface area (Å²) in [5, 5.41) is 2.77. The van der Waals surface area contributed by atoms with Gasteiger partial charge in [0.1, 0.15) is 11.6 Å². The fourth-order valence-corrected chi connectivity index (χ4v) is 3.63. The number of ether oxygens (including phenoxy) is 2. The van der Waals surface area contributed by atoms with Crippen molar-refractivity contribution >= 4 is 11.6 Å². The SMILES string of the molecule is O=c1[nH]c2c(c(=O)[nH]1)C(Cc1ccc3c(c1)OCO3)c1c([nH]c(=O)[nH]c1=O)N2. The van der Waals surface area contributed by atoms with Crippen LogP contribution in [0.5, 0.6) is 11.5 Å². The van der Waals surface area contributed by atoms with E-state index in [0.717, 1.165) is 5.56 Å². The highest BCUT2D eigenvalue weighted by Crippen LogP contribution is 2.38. The van der Waals surface area contributed by atoms with Gasteiger partial charge < -0.3 is 14.8 Å². The van der Waals surface area contributed by atoms with Crippen molar-refractivity contribution in [2.75, 3.05) is 12.1 Å². The Morgan fingerprint density at radius 2 is 1.43 bits per heavy atom. The van der Waals surface area contributed by atoms with Gasteiger partial charge in [-0.2, -0.15) is 0 Å². The van der Waals surface area contributed by atoms with Crippen LogP contribution in [0.3, 0.4) is 0 Å². The zero-order valence-corrected chi connectivity index (χ0v) is 14.2. The Morgan fingerprint density at radius 3 is 2.07 bits per heavy atom. The first kappa shape index (κ1) is 16.2. The Bertz CT molecular complexity index is 1270. The number of rotatable bonds is 2. The van der Waals surface area contributed by atoms with Gasteiger partial charge in [0.15, 0.2) is 11.5 Å². The zero-order chi connectivity index (χ0) is 19.4. The molecule has 2 aliphatic rings. The monoisotopic (exact) mass is 383 g/mol. The number of nitrogens with one attached hydrogen (secondary N) is 5. The molecule has 1 aromatic carbocycles. The van der Waals surface area contributed by atoms with Crippen LogP contribution in [0.15, 0.2) is 37.4 Å². The predicted octanol–water partition coefficient (Wildman–Crippen LogP) is -0.400. The van der Waals surface area contributed by atoms with Gasteiger partial charge in [-0.1, -0.05) is 6.07 Å². The van der Waals surface area contributed by atoms with E-state index < -0.39 is 28.4 Å². The van der Waals surface area contributed by atoms with E-state index in [2.05, 4.69) is 25.3 Å². The molecule has 0 saturated heterocycles. The molecule has 0 atom stereocenters. The number of H-pyrrole nitrogens is 4. The number of hydrogen-bond donors (Lipinski definition) is 5. The van der Waals surface area contributed by atoms with Gasteiger partial charge >= 0.3 is 11.4 Å². The summed E-state index contributed by atoms with van der Waals surface area (Å²) in [7, 11) is 0. The minimum atomic E-state index is -0.715. The summed E-state index contributed by atoms with van der Waals surface area (Å²) in [5.41, 5.74) is -1.46. The largest absolute Gasteiger partial charge is 0.454 e. The molecule has 0 fully saturated rings. The minimum absolute atomic E-state index is 0.125. The molecule has 0 bridgehead atoms. The van der Waals surface area contributed by atoms with Gasteiger partial charge in [0.25, 0.3) is 11.1 Å². The van der Waals surface area contributed by atoms with Crippen LogP contribution < -0.4 is 37.3 Å². The summed E-state index contributed by atoms with van der Waals surface area (Å²) in [4.78, 5) is 57.8. The first-order valence-corrected chi connectivity index (χ1v) is 8.38. The van der Waals surface area contributed by atoms with Crippen molar-refractivity contribution in [3.63, 3.8) is 0 Å². The smallest absolute Gasteiger partial charge is 0.327 e. The standard InChI is InChI=1S/C17H13N5O6/c23-14-10-7(3-6-1-2-8-9(4-6)28-5-27-8)11-13(20-17(26)22-15(11)24)18-12(10)19-16(25)21-14/h1-2,4,7H,3,5H2,(H5,18,19,20,21,22,23,24,25,26). The van der Waals surface area contributed by atoms with E-state index >= 15 is 0 Å². The van der Waals surface area contributed by atoms with Crippen LogP contribution in [-0.4, -0.2) is 26.7 Å². The lowest BCUT2D eigenvalue weighted by Crippen LogP contribution is -2.37. The Kier molecular flexibility index (Phi) is 3.32. The van der Waals surface area contributed by atoms with Crippen LogP contribution in [0.4, 0.5) is 11.6 Å². The van der Waals surface area contributed by atoms with Gasteiger partial charge in [0.2, 0.25) is 6.79 Å². The van der Waals surface area contributed by atoms with Gasteiger partial charge in [0, 0.05) is 5.92 Å². The normalized spacial score (nSPS) is 14.3. The molecule has 0 aliphatic carbocycles. The molecule has 2 aromatic heterocycles. The third kappa shape index (κ3) is 2.44. The zero-order valence-electron chi connectivity index (χ0n) is 14.2. The van der Waals surface area contributed by atoms with Crippen molar-refractivity contribution in [3.05, 3.63) is 76.6 Å². The van der Waals surface area contributed by atoms with Crippen LogP contribution >= 0.6 is 0 Å². The Balaban J connectivity index is 1.70. The van der Waals surface area contributed by atoms with Gasteiger partial charge in [-0.05, 0) is 24.1 Å². The maximum atomic E-state index is 12.5. The minimum Gasteiger partial charge on any atom is -0.454 e. The highest BCUT2D eigenvalue weighted by atomic mass is 16.7. The van der Waals surface area contributed by atoms with Crippen LogP contribution in [0, 0.1) is 0 Å². The fraction of sp³-hybridized carbons (Fsp3) is 0.176. The third-order valence-electron chi connectivity index (χ3n) is 4.78. The molecular weight excluding hydrogens is 370 g/mol. The van der Waals surface area contributed by atoms with Crippen molar-refractivity contribution in [3.8, 4) is 11.5 Å². The van der Waals surface area contributed by atoms with Crippen LogP contribution in [0.1, 0.15) is 22.6 Å². The van der Waals surface area contributed by atoms with Gasteiger partial charge in [0.05, 0.1) is 11.1 Å². The lowest BCUT2D eigenvalue weighted by molar-refractivity contribution is 0.174. The van der Waals surface area contributed by atoms with E-state index in [-0.39, 0.29) is 36.0 Å². The Hall–Kier alpha value is -4.02. The van der Waals surface area contributed by atoms with E-state index in [0.29, 0.717) is 11.5 Å². The molecule has 2 aliphatic heterocycles. The number of fused-ring (bicyclic) bond motifs is 3. The van der Waals surface area contributed by atoms with Gasteiger partial charge in [-0.25, -0.2) is 9.59 Å². The number of benzene rings is 1. The molecule has 5 rings (SSSR count). The van der Waals surface area contributed by atoms with Crippen LogP contribution in [0.2, 0.25) is 0 Å². The lowest BCUT2D eigenvalue weighted by atomic mass is 9.85.